The maximum atomic E-state index is 10.7. The van der Waals surface area contributed by atoms with Gasteiger partial charge in [0.1, 0.15) is 5.76 Å². The van der Waals surface area contributed by atoms with E-state index in [0.29, 0.717) is 21.4 Å². The summed E-state index contributed by atoms with van der Waals surface area (Å²) in [6.07, 6.45) is 0.202. The molecule has 0 bridgehead atoms. The Hall–Kier alpha value is -1.96. The van der Waals surface area contributed by atoms with Gasteiger partial charge in [0.15, 0.2) is 0 Å². The number of carbonyl (C=O) groups is 1. The minimum Gasteiger partial charge on any atom is -0.475 e. The molecule has 4 nitrogen and oxygen atoms in total. The van der Waals surface area contributed by atoms with Gasteiger partial charge in [-0.05, 0) is 24.3 Å². The predicted octanol–water partition coefficient (Wildman–Crippen LogP) is 4.13. The van der Waals surface area contributed by atoms with Crippen molar-refractivity contribution in [1.29, 1.82) is 5.26 Å². The molecule has 0 saturated carbocycles. The van der Waals surface area contributed by atoms with Gasteiger partial charge in [0.25, 0.3) is 0 Å². The third-order valence-electron chi connectivity index (χ3n) is 2.78. The van der Waals surface area contributed by atoms with E-state index in [-0.39, 0.29) is 12.2 Å². The number of nitrogens with zero attached hydrogens (tertiary/aromatic N) is 1. The van der Waals surface area contributed by atoms with Crippen LogP contribution in [-0.4, -0.2) is 11.1 Å². The van der Waals surface area contributed by atoms with Gasteiger partial charge >= 0.3 is 5.97 Å². The van der Waals surface area contributed by atoms with Crippen molar-refractivity contribution in [2.75, 3.05) is 0 Å². The summed E-state index contributed by atoms with van der Waals surface area (Å²) in [7, 11) is 0. The van der Waals surface area contributed by atoms with Crippen LogP contribution in [0.2, 0.25) is 10.0 Å². The quantitative estimate of drug-likeness (QED) is 0.921. The van der Waals surface area contributed by atoms with Crippen LogP contribution in [0.3, 0.4) is 0 Å². The van der Waals surface area contributed by atoms with Crippen molar-refractivity contribution >= 4 is 29.2 Å². The fourth-order valence-corrected chi connectivity index (χ4v) is 2.52. The molecule has 20 heavy (non-hydrogen) atoms. The lowest BCUT2D eigenvalue weighted by Gasteiger charge is -2.11. The van der Waals surface area contributed by atoms with Crippen molar-refractivity contribution < 1.29 is 14.3 Å². The second-order valence-electron chi connectivity index (χ2n) is 4.09. The van der Waals surface area contributed by atoms with E-state index < -0.39 is 11.9 Å². The minimum atomic E-state index is -1.15. The smallest absolute Gasteiger partial charge is 0.371 e. The molecule has 0 spiro atoms. The van der Waals surface area contributed by atoms with Gasteiger partial charge in [-0.1, -0.05) is 29.3 Å². The van der Waals surface area contributed by atoms with Gasteiger partial charge in [-0.25, -0.2) is 4.79 Å². The van der Waals surface area contributed by atoms with Crippen molar-refractivity contribution in [3.05, 3.63) is 57.5 Å². The van der Waals surface area contributed by atoms with Crippen molar-refractivity contribution in [2.24, 2.45) is 0 Å². The number of aromatic carboxylic acids is 1. The number of benzene rings is 1. The number of furan rings is 1. The molecule has 0 aliphatic carbocycles. The second kappa shape index (κ2) is 6.00. The van der Waals surface area contributed by atoms with Crippen LogP contribution in [0.25, 0.3) is 0 Å². The van der Waals surface area contributed by atoms with Gasteiger partial charge in [0.05, 0.1) is 12.0 Å². The molecule has 1 aromatic carbocycles. The number of hydrogen-bond acceptors (Lipinski definition) is 3. The van der Waals surface area contributed by atoms with Crippen molar-refractivity contribution in [3.63, 3.8) is 0 Å². The molecule has 6 heteroatoms. The van der Waals surface area contributed by atoms with E-state index in [9.17, 15) is 10.1 Å². The molecular formula is C14H9Cl2NO3. The lowest BCUT2D eigenvalue weighted by Crippen LogP contribution is -2.02. The molecule has 0 amide bonds. The van der Waals surface area contributed by atoms with E-state index in [0.717, 1.165) is 0 Å². The molecule has 0 radical (unpaired) electrons. The molecule has 2 aromatic rings. The second-order valence-corrected chi connectivity index (χ2v) is 4.91. The zero-order chi connectivity index (χ0) is 14.7. The van der Waals surface area contributed by atoms with Crippen LogP contribution in [-0.2, 0) is 6.42 Å². The topological polar surface area (TPSA) is 74.2 Å². The van der Waals surface area contributed by atoms with E-state index in [1.54, 1.807) is 18.2 Å². The van der Waals surface area contributed by atoms with Gasteiger partial charge in [0.2, 0.25) is 5.76 Å². The van der Waals surface area contributed by atoms with Crippen LogP contribution >= 0.6 is 23.2 Å². The summed E-state index contributed by atoms with van der Waals surface area (Å²) in [5, 5.41) is 18.9. The van der Waals surface area contributed by atoms with Gasteiger partial charge < -0.3 is 9.52 Å². The largest absolute Gasteiger partial charge is 0.475 e. The highest BCUT2D eigenvalue weighted by Gasteiger charge is 2.20. The third-order valence-corrected chi connectivity index (χ3v) is 3.44. The highest BCUT2D eigenvalue weighted by Crippen LogP contribution is 2.33. The SMILES string of the molecule is N#CC(Cc1ccc(C(=O)O)o1)c1c(Cl)cccc1Cl. The lowest BCUT2D eigenvalue weighted by atomic mass is 9.96. The summed E-state index contributed by atoms with van der Waals surface area (Å²) >= 11 is 12.1. The summed E-state index contributed by atoms with van der Waals surface area (Å²) in [5.74, 6) is -1.53. The maximum Gasteiger partial charge on any atom is 0.371 e. The molecule has 0 aliphatic heterocycles. The Morgan fingerprint density at radius 2 is 1.95 bits per heavy atom. The van der Waals surface area contributed by atoms with Crippen LogP contribution in [0, 0.1) is 11.3 Å². The van der Waals surface area contributed by atoms with E-state index in [1.807, 2.05) is 0 Å². The van der Waals surface area contributed by atoms with E-state index in [2.05, 4.69) is 6.07 Å². The highest BCUT2D eigenvalue weighted by molar-refractivity contribution is 6.36. The standard InChI is InChI=1S/C14H9Cl2NO3/c15-10-2-1-3-11(16)13(10)8(7-17)6-9-4-5-12(20-9)14(18)19/h1-5,8H,6H2,(H,18,19). The Balaban J connectivity index is 2.29. The van der Waals surface area contributed by atoms with Crippen LogP contribution in [0.4, 0.5) is 0 Å². The maximum absolute atomic E-state index is 10.7. The summed E-state index contributed by atoms with van der Waals surface area (Å²) in [5.41, 5.74) is 0.520. The van der Waals surface area contributed by atoms with Crippen LogP contribution in [0.15, 0.2) is 34.7 Å². The Morgan fingerprint density at radius 3 is 2.45 bits per heavy atom. The Morgan fingerprint density at radius 1 is 1.30 bits per heavy atom. The first-order chi connectivity index (χ1) is 9.52. The zero-order valence-electron chi connectivity index (χ0n) is 10.1. The van der Waals surface area contributed by atoms with Crippen LogP contribution in [0.5, 0.6) is 0 Å². The Labute approximate surface area is 125 Å². The van der Waals surface area contributed by atoms with E-state index in [4.69, 9.17) is 32.7 Å². The average molecular weight is 310 g/mol. The molecule has 2 rings (SSSR count). The first-order valence-electron chi connectivity index (χ1n) is 5.68. The highest BCUT2D eigenvalue weighted by atomic mass is 35.5. The number of carboxylic acids is 1. The van der Waals surface area contributed by atoms with Crippen molar-refractivity contribution in [1.82, 2.24) is 0 Å². The average Bonchev–Trinajstić information content (AvgIpc) is 2.86. The lowest BCUT2D eigenvalue weighted by molar-refractivity contribution is 0.0660. The molecule has 0 saturated heterocycles. The van der Waals surface area contributed by atoms with Gasteiger partial charge in [0, 0.05) is 22.0 Å². The fraction of sp³-hybridized carbons (Fsp3) is 0.143. The number of hydrogen-bond donors (Lipinski definition) is 1. The summed E-state index contributed by atoms with van der Waals surface area (Å²) in [6, 6.07) is 9.98. The molecule has 1 unspecified atom stereocenters. The normalized spacial score (nSPS) is 11.8. The van der Waals surface area contributed by atoms with Crippen molar-refractivity contribution in [3.8, 4) is 6.07 Å². The van der Waals surface area contributed by atoms with E-state index >= 15 is 0 Å². The zero-order valence-corrected chi connectivity index (χ0v) is 11.6. The van der Waals surface area contributed by atoms with Gasteiger partial charge in [-0.3, -0.25) is 0 Å². The number of nitriles is 1. The van der Waals surface area contributed by atoms with Gasteiger partial charge in [-0.2, -0.15) is 5.26 Å². The monoisotopic (exact) mass is 309 g/mol. The van der Waals surface area contributed by atoms with Crippen molar-refractivity contribution in [2.45, 2.75) is 12.3 Å². The summed E-state index contributed by atoms with van der Waals surface area (Å²) < 4.78 is 5.14. The number of carboxylic acid groups (broad SMARTS) is 1. The molecule has 0 aliphatic rings. The first kappa shape index (κ1) is 14.4. The molecule has 1 aromatic heterocycles. The molecular weight excluding hydrogens is 301 g/mol. The molecule has 1 atom stereocenters. The fourth-order valence-electron chi connectivity index (χ4n) is 1.86. The van der Waals surface area contributed by atoms with Crippen LogP contribution in [0.1, 0.15) is 27.8 Å². The predicted molar refractivity (Wildman–Crippen MR) is 74.2 cm³/mol. The minimum absolute atomic E-state index is 0.165. The molecule has 1 N–H and O–H groups in total. The molecule has 1 heterocycles. The number of rotatable bonds is 4. The van der Waals surface area contributed by atoms with Gasteiger partial charge in [-0.15, -0.1) is 0 Å². The number of halogens is 2. The summed E-state index contributed by atoms with van der Waals surface area (Å²) in [6.45, 7) is 0. The van der Waals surface area contributed by atoms with Crippen LogP contribution < -0.4 is 0 Å². The third kappa shape index (κ3) is 2.96. The Bertz CT molecular complexity index is 668. The van der Waals surface area contributed by atoms with E-state index in [1.165, 1.54) is 12.1 Å². The first-order valence-corrected chi connectivity index (χ1v) is 6.44. The molecule has 0 fully saturated rings. The molecule has 102 valence electrons. The summed E-state index contributed by atoms with van der Waals surface area (Å²) in [4.78, 5) is 10.7. The Kier molecular flexibility index (Phi) is 4.33.